The predicted octanol–water partition coefficient (Wildman–Crippen LogP) is 4.59. The van der Waals surface area contributed by atoms with Crippen molar-refractivity contribution in [2.45, 2.75) is 39.8 Å². The highest BCUT2D eigenvalue weighted by molar-refractivity contribution is 7.16. The fourth-order valence-electron chi connectivity index (χ4n) is 3.58. The lowest BCUT2D eigenvalue weighted by Gasteiger charge is -2.30. The molecule has 0 fully saturated rings. The molecule has 0 saturated carbocycles. The molecule has 152 valence electrons. The molecule has 0 radical (unpaired) electrons. The number of amides is 1. The zero-order valence-electron chi connectivity index (χ0n) is 16.1. The maximum absolute atomic E-state index is 13.3. The number of hydrogen-bond acceptors (Lipinski definition) is 5. The summed E-state index contributed by atoms with van der Waals surface area (Å²) < 4.78 is 6.64. The zero-order chi connectivity index (χ0) is 20.9. The summed E-state index contributed by atoms with van der Waals surface area (Å²) in [6, 6.07) is 1.66. The standard InChI is InChI=1S/C20H19Cl2N3O3S/c1-9(2)28-14-6-13(21)11-4-5-25(20(27)15(11)16(14)22)7-12-17-18(29-8-23-17)10(3)24-19(12)26/h6,8-9H,4-5,7H2,1-3H3,(H,24,26). The first kappa shape index (κ1) is 20.2. The summed E-state index contributed by atoms with van der Waals surface area (Å²) >= 11 is 14.4. The van der Waals surface area contributed by atoms with Crippen LogP contribution in [0.4, 0.5) is 0 Å². The Morgan fingerprint density at radius 3 is 2.83 bits per heavy atom. The molecule has 0 spiro atoms. The lowest BCUT2D eigenvalue weighted by molar-refractivity contribution is 0.0726. The maximum Gasteiger partial charge on any atom is 0.256 e. The van der Waals surface area contributed by atoms with Gasteiger partial charge in [0.2, 0.25) is 0 Å². The Morgan fingerprint density at radius 1 is 1.34 bits per heavy atom. The molecule has 9 heteroatoms. The number of H-pyrrole nitrogens is 1. The van der Waals surface area contributed by atoms with Gasteiger partial charge in [0.15, 0.2) is 0 Å². The highest BCUT2D eigenvalue weighted by atomic mass is 35.5. The number of carbonyl (C=O) groups excluding carboxylic acids is 1. The third-order valence-corrected chi connectivity index (χ3v) is 6.56. The van der Waals surface area contributed by atoms with E-state index in [1.54, 1.807) is 16.5 Å². The Labute approximate surface area is 181 Å². The van der Waals surface area contributed by atoms with E-state index in [1.807, 2.05) is 20.8 Å². The highest BCUT2D eigenvalue weighted by Crippen LogP contribution is 2.39. The van der Waals surface area contributed by atoms with Crippen LogP contribution < -0.4 is 10.3 Å². The van der Waals surface area contributed by atoms with Gasteiger partial charge in [0.05, 0.1) is 44.5 Å². The van der Waals surface area contributed by atoms with E-state index >= 15 is 0 Å². The summed E-state index contributed by atoms with van der Waals surface area (Å²) in [5, 5.41) is 0.715. The second-order valence-corrected chi connectivity index (χ2v) is 8.90. The van der Waals surface area contributed by atoms with Gasteiger partial charge in [-0.1, -0.05) is 23.2 Å². The summed E-state index contributed by atoms with van der Waals surface area (Å²) in [5.41, 5.74) is 4.41. The van der Waals surface area contributed by atoms with Gasteiger partial charge in [-0.2, -0.15) is 0 Å². The zero-order valence-corrected chi connectivity index (χ0v) is 18.5. The van der Waals surface area contributed by atoms with E-state index in [1.165, 1.54) is 11.3 Å². The lowest BCUT2D eigenvalue weighted by Crippen LogP contribution is -2.39. The minimum absolute atomic E-state index is 0.111. The van der Waals surface area contributed by atoms with Crippen molar-refractivity contribution in [2.75, 3.05) is 6.54 Å². The monoisotopic (exact) mass is 451 g/mol. The maximum atomic E-state index is 13.3. The van der Waals surface area contributed by atoms with Crippen LogP contribution in [-0.4, -0.2) is 33.4 Å². The van der Waals surface area contributed by atoms with Crippen LogP contribution in [0.1, 0.15) is 41.0 Å². The van der Waals surface area contributed by atoms with Crippen LogP contribution in [0.15, 0.2) is 16.4 Å². The Bertz CT molecular complexity index is 1190. The molecule has 0 unspecified atom stereocenters. The number of aromatic amines is 1. The van der Waals surface area contributed by atoms with Crippen molar-refractivity contribution in [3.05, 3.63) is 54.4 Å². The number of carbonyl (C=O) groups is 1. The van der Waals surface area contributed by atoms with Crippen molar-refractivity contribution in [1.82, 2.24) is 14.9 Å². The molecule has 4 rings (SSSR count). The first-order chi connectivity index (χ1) is 13.8. The molecule has 1 N–H and O–H groups in total. The molecule has 1 aliphatic rings. The number of ether oxygens (including phenoxy) is 1. The number of nitrogens with zero attached hydrogens (tertiary/aromatic N) is 2. The van der Waals surface area contributed by atoms with Gasteiger partial charge in [-0.3, -0.25) is 9.59 Å². The number of hydrogen-bond donors (Lipinski definition) is 1. The summed E-state index contributed by atoms with van der Waals surface area (Å²) in [6.07, 6.45) is 0.437. The number of rotatable bonds is 4. The Hall–Kier alpha value is -2.09. The van der Waals surface area contributed by atoms with Crippen molar-refractivity contribution < 1.29 is 9.53 Å². The van der Waals surface area contributed by atoms with Gasteiger partial charge in [0.25, 0.3) is 11.5 Å². The SMILES string of the molecule is Cc1[nH]c(=O)c(CN2CCc3c(Cl)cc(OC(C)C)c(Cl)c3C2=O)c2ncsc12. The smallest absolute Gasteiger partial charge is 0.256 e. The number of thiazole rings is 1. The lowest BCUT2D eigenvalue weighted by atomic mass is 9.97. The van der Waals surface area contributed by atoms with Crippen molar-refractivity contribution in [2.24, 2.45) is 0 Å². The minimum Gasteiger partial charge on any atom is -0.489 e. The number of benzene rings is 1. The number of pyridine rings is 1. The molecular weight excluding hydrogens is 433 g/mol. The minimum atomic E-state index is -0.268. The van der Waals surface area contributed by atoms with Gasteiger partial charge in [-0.05, 0) is 32.8 Å². The number of aryl methyl sites for hydroxylation is 1. The third-order valence-electron chi connectivity index (χ3n) is 4.90. The van der Waals surface area contributed by atoms with Gasteiger partial charge in [-0.15, -0.1) is 11.3 Å². The van der Waals surface area contributed by atoms with E-state index in [2.05, 4.69) is 9.97 Å². The average molecular weight is 452 g/mol. The molecule has 0 aliphatic carbocycles. The summed E-state index contributed by atoms with van der Waals surface area (Å²) in [6.45, 7) is 6.18. The molecule has 1 amide bonds. The van der Waals surface area contributed by atoms with E-state index in [9.17, 15) is 9.59 Å². The average Bonchev–Trinajstić information content (AvgIpc) is 3.14. The van der Waals surface area contributed by atoms with E-state index in [4.69, 9.17) is 27.9 Å². The van der Waals surface area contributed by atoms with Gasteiger partial charge in [0, 0.05) is 23.3 Å². The third kappa shape index (κ3) is 3.52. The van der Waals surface area contributed by atoms with Gasteiger partial charge < -0.3 is 14.6 Å². The first-order valence-corrected chi connectivity index (χ1v) is 10.8. The highest BCUT2D eigenvalue weighted by Gasteiger charge is 2.31. The number of fused-ring (bicyclic) bond motifs is 2. The Morgan fingerprint density at radius 2 is 2.10 bits per heavy atom. The quantitative estimate of drug-likeness (QED) is 0.629. The first-order valence-electron chi connectivity index (χ1n) is 9.19. The Balaban J connectivity index is 1.74. The largest absolute Gasteiger partial charge is 0.489 e. The second kappa shape index (κ2) is 7.63. The summed E-state index contributed by atoms with van der Waals surface area (Å²) in [7, 11) is 0. The van der Waals surface area contributed by atoms with E-state index in [0.29, 0.717) is 45.9 Å². The molecule has 0 bridgehead atoms. The Kier molecular flexibility index (Phi) is 5.31. The van der Waals surface area contributed by atoms with Crippen molar-refractivity contribution in [3.8, 4) is 5.75 Å². The van der Waals surface area contributed by atoms with Crippen LogP contribution in [0.2, 0.25) is 10.0 Å². The van der Waals surface area contributed by atoms with E-state index < -0.39 is 0 Å². The fourth-order valence-corrected chi connectivity index (χ4v) is 4.94. The molecule has 3 heterocycles. The summed E-state index contributed by atoms with van der Waals surface area (Å²) in [4.78, 5) is 34.7. The molecule has 0 saturated heterocycles. The number of aromatic nitrogens is 2. The topological polar surface area (TPSA) is 75.3 Å². The van der Waals surface area contributed by atoms with Crippen LogP contribution in [0.5, 0.6) is 5.75 Å². The number of nitrogens with one attached hydrogen (secondary N) is 1. The van der Waals surface area contributed by atoms with Crippen LogP contribution >= 0.6 is 34.5 Å². The van der Waals surface area contributed by atoms with Crippen molar-refractivity contribution in [1.29, 1.82) is 0 Å². The van der Waals surface area contributed by atoms with Crippen molar-refractivity contribution in [3.63, 3.8) is 0 Å². The molecule has 1 aromatic carbocycles. The molecule has 6 nitrogen and oxygen atoms in total. The predicted molar refractivity (Wildman–Crippen MR) is 116 cm³/mol. The molecule has 29 heavy (non-hydrogen) atoms. The van der Waals surface area contributed by atoms with Crippen LogP contribution in [0.3, 0.4) is 0 Å². The fraction of sp³-hybridized carbons (Fsp3) is 0.350. The molecular formula is C20H19Cl2N3O3S. The second-order valence-electron chi connectivity index (χ2n) is 7.26. The van der Waals surface area contributed by atoms with E-state index in [-0.39, 0.29) is 29.1 Å². The van der Waals surface area contributed by atoms with Crippen LogP contribution in [-0.2, 0) is 13.0 Å². The summed E-state index contributed by atoms with van der Waals surface area (Å²) in [5.74, 6) is 0.117. The van der Waals surface area contributed by atoms with Crippen LogP contribution in [0.25, 0.3) is 10.2 Å². The van der Waals surface area contributed by atoms with Crippen LogP contribution in [0, 0.1) is 6.92 Å². The van der Waals surface area contributed by atoms with E-state index in [0.717, 1.165) is 10.4 Å². The molecule has 0 atom stereocenters. The van der Waals surface area contributed by atoms with Gasteiger partial charge >= 0.3 is 0 Å². The molecule has 2 aromatic heterocycles. The van der Waals surface area contributed by atoms with Gasteiger partial charge in [0.1, 0.15) is 5.75 Å². The molecule has 3 aromatic rings. The normalized spacial score (nSPS) is 14.0. The number of halogens is 2. The molecule has 1 aliphatic heterocycles. The van der Waals surface area contributed by atoms with Crippen molar-refractivity contribution >= 4 is 50.7 Å². The van der Waals surface area contributed by atoms with Gasteiger partial charge in [-0.25, -0.2) is 4.98 Å².